The lowest BCUT2D eigenvalue weighted by Gasteiger charge is -2.06. The van der Waals surface area contributed by atoms with Gasteiger partial charge in [0, 0.05) is 23.3 Å². The molecule has 90 valence electrons. The molecule has 0 aliphatic rings. The summed E-state index contributed by atoms with van der Waals surface area (Å²) >= 11 is 3.52. The molecule has 0 spiro atoms. The van der Waals surface area contributed by atoms with Crippen molar-refractivity contribution in [1.82, 2.24) is 4.57 Å². The smallest absolute Gasteiger partial charge is 0.339 e. The van der Waals surface area contributed by atoms with Crippen LogP contribution < -0.4 is 0 Å². The average Bonchev–Trinajstić information content (AvgIpc) is 2.42. The summed E-state index contributed by atoms with van der Waals surface area (Å²) in [4.78, 5) is 12.1. The van der Waals surface area contributed by atoms with Crippen molar-refractivity contribution in [3.63, 3.8) is 0 Å². The highest BCUT2D eigenvalue weighted by molar-refractivity contribution is 9.09. The second kappa shape index (κ2) is 5.04. The molecule has 0 bridgehead atoms. The molecular weight excluding hydrogens is 270 g/mol. The molecule has 1 heterocycles. The first kappa shape index (κ1) is 13.3. The third-order valence-corrected chi connectivity index (χ3v) is 3.31. The number of esters is 1. The zero-order valence-electron chi connectivity index (χ0n) is 10.4. The van der Waals surface area contributed by atoms with E-state index in [1.54, 1.807) is 0 Å². The van der Waals surface area contributed by atoms with Crippen LogP contribution in [-0.4, -0.2) is 22.5 Å². The monoisotopic (exact) mass is 287 g/mol. The molecule has 1 atom stereocenters. The number of hydrogen-bond acceptors (Lipinski definition) is 2. The first-order valence-electron chi connectivity index (χ1n) is 5.27. The zero-order valence-corrected chi connectivity index (χ0v) is 12.0. The predicted molar refractivity (Wildman–Crippen MR) is 68.3 cm³/mol. The highest BCUT2D eigenvalue weighted by Gasteiger charge is 2.22. The average molecular weight is 288 g/mol. The van der Waals surface area contributed by atoms with Crippen LogP contribution in [0.4, 0.5) is 0 Å². The Morgan fingerprint density at radius 3 is 2.44 bits per heavy atom. The summed E-state index contributed by atoms with van der Waals surface area (Å²) in [5.41, 5.74) is 3.89. The molecule has 0 radical (unpaired) electrons. The number of methoxy groups -OCH3 is 1. The van der Waals surface area contributed by atoms with Gasteiger partial charge < -0.3 is 9.30 Å². The number of halogens is 1. The minimum atomic E-state index is -0.246. The maximum Gasteiger partial charge on any atom is 0.339 e. The minimum absolute atomic E-state index is 0.246. The van der Waals surface area contributed by atoms with Crippen molar-refractivity contribution in [2.45, 2.75) is 32.0 Å². The Bertz CT molecular complexity index is 408. The fraction of sp³-hybridized carbons (Fsp3) is 0.583. The van der Waals surface area contributed by atoms with Gasteiger partial charge in [0.2, 0.25) is 0 Å². The van der Waals surface area contributed by atoms with Crippen LogP contribution in [0, 0.1) is 13.8 Å². The third kappa shape index (κ3) is 2.32. The number of nitrogens with zero attached hydrogens (tertiary/aromatic N) is 1. The quantitative estimate of drug-likeness (QED) is 0.632. The Balaban J connectivity index is 3.33. The molecule has 16 heavy (non-hydrogen) atoms. The summed E-state index contributed by atoms with van der Waals surface area (Å²) in [6.45, 7) is 6.05. The van der Waals surface area contributed by atoms with E-state index in [4.69, 9.17) is 4.74 Å². The Labute approximate surface area is 105 Å². The van der Waals surface area contributed by atoms with E-state index < -0.39 is 0 Å². The number of hydrogen-bond donors (Lipinski definition) is 0. The van der Waals surface area contributed by atoms with Gasteiger partial charge in [-0.05, 0) is 25.8 Å². The third-order valence-electron chi connectivity index (χ3n) is 2.98. The highest BCUT2D eigenvalue weighted by Crippen LogP contribution is 2.24. The Morgan fingerprint density at radius 2 is 2.00 bits per heavy atom. The number of ether oxygens (including phenoxy) is 1. The number of carbonyl (C=O) groups excluding carboxylic acids is 1. The Hall–Kier alpha value is -0.770. The molecule has 0 fully saturated rings. The van der Waals surface area contributed by atoms with Crippen molar-refractivity contribution >= 4 is 21.9 Å². The summed E-state index contributed by atoms with van der Waals surface area (Å²) in [6, 6.07) is 0. The fourth-order valence-electron chi connectivity index (χ4n) is 1.92. The van der Waals surface area contributed by atoms with Gasteiger partial charge in [0.05, 0.1) is 12.7 Å². The van der Waals surface area contributed by atoms with Crippen molar-refractivity contribution in [1.29, 1.82) is 0 Å². The molecule has 0 saturated carbocycles. The summed E-state index contributed by atoms with van der Waals surface area (Å²) in [6.07, 6.45) is 0.831. The van der Waals surface area contributed by atoms with Crippen molar-refractivity contribution < 1.29 is 9.53 Å². The maximum absolute atomic E-state index is 11.8. The summed E-state index contributed by atoms with van der Waals surface area (Å²) < 4.78 is 6.88. The van der Waals surface area contributed by atoms with E-state index in [-0.39, 0.29) is 5.97 Å². The van der Waals surface area contributed by atoms with Crippen LogP contribution in [-0.2, 0) is 18.2 Å². The molecule has 0 aromatic carbocycles. The summed E-state index contributed by atoms with van der Waals surface area (Å²) in [5, 5.41) is 0. The normalized spacial score (nSPS) is 12.6. The van der Waals surface area contributed by atoms with Crippen molar-refractivity contribution in [3.8, 4) is 0 Å². The Kier molecular flexibility index (Phi) is 4.19. The zero-order chi connectivity index (χ0) is 12.5. The molecule has 1 unspecified atom stereocenters. The molecule has 3 nitrogen and oxygen atoms in total. The molecule has 0 aliphatic heterocycles. The number of alkyl halides is 1. The van der Waals surface area contributed by atoms with E-state index in [9.17, 15) is 4.79 Å². The van der Waals surface area contributed by atoms with E-state index in [1.165, 1.54) is 7.11 Å². The number of carbonyl (C=O) groups is 1. The van der Waals surface area contributed by atoms with Crippen LogP contribution in [0.2, 0.25) is 0 Å². The van der Waals surface area contributed by atoms with Crippen LogP contribution in [0.5, 0.6) is 0 Å². The van der Waals surface area contributed by atoms with Gasteiger partial charge in [-0.2, -0.15) is 0 Å². The van der Waals surface area contributed by atoms with Gasteiger partial charge >= 0.3 is 5.97 Å². The maximum atomic E-state index is 11.8. The van der Waals surface area contributed by atoms with Gasteiger partial charge in [0.15, 0.2) is 0 Å². The van der Waals surface area contributed by atoms with Gasteiger partial charge in [0.1, 0.15) is 0 Å². The molecule has 1 rings (SSSR count). The summed E-state index contributed by atoms with van der Waals surface area (Å²) in [5.74, 6) is -0.246. The molecule has 0 N–H and O–H groups in total. The lowest BCUT2D eigenvalue weighted by molar-refractivity contribution is 0.0598. The largest absolute Gasteiger partial charge is 0.465 e. The lowest BCUT2D eigenvalue weighted by atomic mass is 10.0. The SMILES string of the molecule is COC(=O)c1c(CC(C)Br)c(C)n(C)c1C. The van der Waals surface area contributed by atoms with Gasteiger partial charge in [0.25, 0.3) is 0 Å². The van der Waals surface area contributed by atoms with Crippen molar-refractivity contribution in [3.05, 3.63) is 22.5 Å². The molecule has 1 aromatic heterocycles. The van der Waals surface area contributed by atoms with E-state index in [2.05, 4.69) is 22.9 Å². The van der Waals surface area contributed by atoms with Crippen molar-refractivity contribution in [2.24, 2.45) is 7.05 Å². The number of aromatic nitrogens is 1. The van der Waals surface area contributed by atoms with E-state index in [0.29, 0.717) is 10.4 Å². The van der Waals surface area contributed by atoms with Crippen LogP contribution in [0.25, 0.3) is 0 Å². The molecule has 4 heteroatoms. The standard InChI is InChI=1S/C12H18BrNO2/c1-7(13)6-10-8(2)14(4)9(3)11(10)12(15)16-5/h7H,6H2,1-5H3. The second-order valence-corrected chi connectivity index (χ2v) is 5.62. The first-order valence-corrected chi connectivity index (χ1v) is 6.18. The van der Waals surface area contributed by atoms with Crippen molar-refractivity contribution in [2.75, 3.05) is 7.11 Å². The molecule has 0 saturated heterocycles. The molecular formula is C12H18BrNO2. The molecule has 1 aromatic rings. The van der Waals surface area contributed by atoms with Gasteiger partial charge in [-0.15, -0.1) is 0 Å². The minimum Gasteiger partial charge on any atom is -0.465 e. The highest BCUT2D eigenvalue weighted by atomic mass is 79.9. The van der Waals surface area contributed by atoms with Gasteiger partial charge in [-0.25, -0.2) is 4.79 Å². The van der Waals surface area contributed by atoms with E-state index >= 15 is 0 Å². The van der Waals surface area contributed by atoms with Gasteiger partial charge in [-0.3, -0.25) is 0 Å². The topological polar surface area (TPSA) is 31.2 Å². The second-order valence-electron chi connectivity index (χ2n) is 4.06. The van der Waals surface area contributed by atoms with E-state index in [1.807, 2.05) is 25.5 Å². The Morgan fingerprint density at radius 1 is 1.44 bits per heavy atom. The van der Waals surface area contributed by atoms with Crippen LogP contribution in [0.1, 0.15) is 34.2 Å². The summed E-state index contributed by atoms with van der Waals surface area (Å²) in [7, 11) is 3.39. The van der Waals surface area contributed by atoms with Gasteiger partial charge in [-0.1, -0.05) is 22.9 Å². The first-order chi connectivity index (χ1) is 7.40. The molecule has 0 aliphatic carbocycles. The predicted octanol–water partition coefficient (Wildman–Crippen LogP) is 2.75. The lowest BCUT2D eigenvalue weighted by Crippen LogP contribution is -2.08. The molecule has 0 amide bonds. The van der Waals surface area contributed by atoms with Crippen LogP contribution in [0.15, 0.2) is 0 Å². The fourth-order valence-corrected chi connectivity index (χ4v) is 2.25. The van der Waals surface area contributed by atoms with Crippen LogP contribution >= 0.6 is 15.9 Å². The van der Waals surface area contributed by atoms with Crippen LogP contribution in [0.3, 0.4) is 0 Å². The van der Waals surface area contributed by atoms with E-state index in [0.717, 1.165) is 23.4 Å². The number of rotatable bonds is 3.